The quantitative estimate of drug-likeness (QED) is 0.633. The fraction of sp³-hybridized carbons (Fsp3) is 0.417. The highest BCUT2D eigenvalue weighted by atomic mass is 16.4. The summed E-state index contributed by atoms with van der Waals surface area (Å²) >= 11 is 0. The van der Waals surface area contributed by atoms with E-state index in [-0.39, 0.29) is 30.3 Å². The molecule has 0 saturated heterocycles. The van der Waals surface area contributed by atoms with Crippen LogP contribution in [0.1, 0.15) is 22.6 Å². The van der Waals surface area contributed by atoms with Crippen molar-refractivity contribution in [2.45, 2.75) is 13.3 Å². The smallest absolute Gasteiger partial charge is 0.354 e. The van der Waals surface area contributed by atoms with Gasteiger partial charge in [0.25, 0.3) is 0 Å². The molecule has 1 aromatic heterocycles. The molecule has 3 amide bonds. The van der Waals surface area contributed by atoms with E-state index in [0.717, 1.165) is 0 Å². The van der Waals surface area contributed by atoms with Gasteiger partial charge in [-0.3, -0.25) is 4.79 Å². The van der Waals surface area contributed by atoms with Gasteiger partial charge in [-0.1, -0.05) is 0 Å². The average molecular weight is 282 g/mol. The fourth-order valence-corrected chi connectivity index (χ4v) is 1.56. The topological polar surface area (TPSA) is 115 Å². The van der Waals surface area contributed by atoms with E-state index < -0.39 is 12.0 Å². The SMILES string of the molecule is CNC(=O)CCN(C)C(=O)Nc1cc(C)[nH]c1C(=O)O. The Balaban J connectivity index is 2.66. The summed E-state index contributed by atoms with van der Waals surface area (Å²) < 4.78 is 0. The van der Waals surface area contributed by atoms with E-state index in [1.165, 1.54) is 25.1 Å². The zero-order chi connectivity index (χ0) is 15.3. The summed E-state index contributed by atoms with van der Waals surface area (Å²) in [6, 6.07) is 1.06. The Hall–Kier alpha value is -2.51. The number of nitrogens with zero attached hydrogens (tertiary/aromatic N) is 1. The van der Waals surface area contributed by atoms with Crippen molar-refractivity contribution in [3.8, 4) is 0 Å². The number of hydrogen-bond donors (Lipinski definition) is 4. The molecule has 110 valence electrons. The third-order valence-corrected chi connectivity index (χ3v) is 2.71. The normalized spacial score (nSPS) is 9.95. The van der Waals surface area contributed by atoms with E-state index in [9.17, 15) is 14.4 Å². The maximum atomic E-state index is 11.9. The molecule has 8 heteroatoms. The molecule has 0 fully saturated rings. The van der Waals surface area contributed by atoms with Crippen LogP contribution in [0.5, 0.6) is 0 Å². The lowest BCUT2D eigenvalue weighted by Gasteiger charge is -2.17. The van der Waals surface area contributed by atoms with Gasteiger partial charge in [-0.15, -0.1) is 0 Å². The van der Waals surface area contributed by atoms with Gasteiger partial charge < -0.3 is 25.6 Å². The first-order valence-corrected chi connectivity index (χ1v) is 6.00. The molecule has 0 bridgehead atoms. The van der Waals surface area contributed by atoms with Crippen molar-refractivity contribution < 1.29 is 19.5 Å². The summed E-state index contributed by atoms with van der Waals surface area (Å²) in [6.45, 7) is 1.93. The molecule has 0 atom stereocenters. The largest absolute Gasteiger partial charge is 0.477 e. The number of aromatic nitrogens is 1. The van der Waals surface area contributed by atoms with Crippen molar-refractivity contribution in [3.05, 3.63) is 17.5 Å². The molecule has 8 nitrogen and oxygen atoms in total. The minimum Gasteiger partial charge on any atom is -0.477 e. The molecular formula is C12H18N4O4. The minimum absolute atomic E-state index is 0.0736. The number of carbonyl (C=O) groups is 3. The van der Waals surface area contributed by atoms with E-state index in [0.29, 0.717) is 5.69 Å². The molecular weight excluding hydrogens is 264 g/mol. The highest BCUT2D eigenvalue weighted by Gasteiger charge is 2.17. The summed E-state index contributed by atoms with van der Waals surface area (Å²) in [6.07, 6.45) is 0.179. The van der Waals surface area contributed by atoms with E-state index in [2.05, 4.69) is 15.6 Å². The molecule has 0 spiro atoms. The monoisotopic (exact) mass is 282 g/mol. The molecule has 4 N–H and O–H groups in total. The molecule has 0 aromatic carbocycles. The zero-order valence-corrected chi connectivity index (χ0v) is 11.6. The van der Waals surface area contributed by atoms with E-state index in [1.807, 2.05) is 0 Å². The molecule has 1 heterocycles. The first-order chi connectivity index (χ1) is 9.35. The maximum absolute atomic E-state index is 11.9. The van der Waals surface area contributed by atoms with Crippen molar-refractivity contribution >= 4 is 23.6 Å². The Morgan fingerprint density at radius 1 is 1.40 bits per heavy atom. The number of carboxylic acid groups (broad SMARTS) is 1. The molecule has 0 unspecified atom stereocenters. The third kappa shape index (κ3) is 4.01. The van der Waals surface area contributed by atoms with Crippen LogP contribution in [0.4, 0.5) is 10.5 Å². The predicted octanol–water partition coefficient (Wildman–Crippen LogP) is 0.621. The van der Waals surface area contributed by atoms with E-state index in [1.54, 1.807) is 6.92 Å². The molecule has 0 aliphatic carbocycles. The lowest BCUT2D eigenvalue weighted by Crippen LogP contribution is -2.34. The molecule has 0 aliphatic heterocycles. The number of amides is 3. The highest BCUT2D eigenvalue weighted by Crippen LogP contribution is 2.17. The van der Waals surface area contributed by atoms with Gasteiger partial charge in [0.2, 0.25) is 5.91 Å². The maximum Gasteiger partial charge on any atom is 0.354 e. The summed E-state index contributed by atoms with van der Waals surface area (Å²) in [5, 5.41) is 13.9. The minimum atomic E-state index is -1.15. The molecule has 0 aliphatic rings. The van der Waals surface area contributed by atoms with Crippen LogP contribution in [0.2, 0.25) is 0 Å². The third-order valence-electron chi connectivity index (χ3n) is 2.71. The highest BCUT2D eigenvalue weighted by molar-refractivity contribution is 5.99. The number of aromatic amines is 1. The molecule has 1 rings (SSSR count). The standard InChI is InChI=1S/C12H18N4O4/c1-7-6-8(10(14-7)11(18)19)15-12(20)16(3)5-4-9(17)13-2/h6,14H,4-5H2,1-3H3,(H,13,17)(H,15,20)(H,18,19). The van der Waals surface area contributed by atoms with Gasteiger partial charge in [0.15, 0.2) is 0 Å². The predicted molar refractivity (Wildman–Crippen MR) is 72.8 cm³/mol. The van der Waals surface area contributed by atoms with E-state index in [4.69, 9.17) is 5.11 Å². The number of carboxylic acids is 1. The summed E-state index contributed by atoms with van der Waals surface area (Å²) in [5.41, 5.74) is 0.757. The summed E-state index contributed by atoms with van der Waals surface area (Å²) in [7, 11) is 3.04. The van der Waals surface area contributed by atoms with Crippen LogP contribution < -0.4 is 10.6 Å². The lowest BCUT2D eigenvalue weighted by molar-refractivity contribution is -0.120. The number of rotatable bonds is 5. The molecule has 0 saturated carbocycles. The van der Waals surface area contributed by atoms with Crippen LogP contribution in [-0.2, 0) is 4.79 Å². The number of anilines is 1. The average Bonchev–Trinajstić information content (AvgIpc) is 2.76. The van der Waals surface area contributed by atoms with Gasteiger partial charge in [-0.05, 0) is 13.0 Å². The number of nitrogens with one attached hydrogen (secondary N) is 3. The molecule has 20 heavy (non-hydrogen) atoms. The Morgan fingerprint density at radius 3 is 2.60 bits per heavy atom. The number of urea groups is 1. The van der Waals surface area contributed by atoms with Crippen LogP contribution in [0.3, 0.4) is 0 Å². The van der Waals surface area contributed by atoms with E-state index >= 15 is 0 Å². The van der Waals surface area contributed by atoms with Gasteiger partial charge in [-0.25, -0.2) is 9.59 Å². The summed E-state index contributed by atoms with van der Waals surface area (Å²) in [5.74, 6) is -1.32. The van der Waals surface area contributed by atoms with Crippen LogP contribution in [0.15, 0.2) is 6.07 Å². The van der Waals surface area contributed by atoms with Crippen molar-refractivity contribution in [1.82, 2.24) is 15.2 Å². The Bertz CT molecular complexity index is 524. The lowest BCUT2D eigenvalue weighted by atomic mass is 10.3. The van der Waals surface area contributed by atoms with Gasteiger partial charge >= 0.3 is 12.0 Å². The second kappa shape index (κ2) is 6.60. The first kappa shape index (κ1) is 15.5. The second-order valence-electron chi connectivity index (χ2n) is 4.32. The zero-order valence-electron chi connectivity index (χ0n) is 11.6. The Morgan fingerprint density at radius 2 is 2.05 bits per heavy atom. The van der Waals surface area contributed by atoms with Gasteiger partial charge in [0, 0.05) is 32.8 Å². The van der Waals surface area contributed by atoms with Gasteiger partial charge in [0.05, 0.1) is 5.69 Å². The van der Waals surface area contributed by atoms with Crippen molar-refractivity contribution in [2.24, 2.45) is 0 Å². The molecule has 0 radical (unpaired) electrons. The van der Waals surface area contributed by atoms with Crippen molar-refractivity contribution in [2.75, 3.05) is 26.0 Å². The first-order valence-electron chi connectivity index (χ1n) is 6.00. The Kier molecular flexibility index (Phi) is 5.13. The van der Waals surface area contributed by atoms with Crippen LogP contribution in [0, 0.1) is 6.92 Å². The summed E-state index contributed by atoms with van der Waals surface area (Å²) in [4.78, 5) is 37.9. The van der Waals surface area contributed by atoms with Crippen LogP contribution in [-0.4, -0.2) is 53.5 Å². The molecule has 1 aromatic rings. The number of hydrogen-bond acceptors (Lipinski definition) is 3. The van der Waals surface area contributed by atoms with Gasteiger partial charge in [-0.2, -0.15) is 0 Å². The van der Waals surface area contributed by atoms with Crippen molar-refractivity contribution in [3.63, 3.8) is 0 Å². The van der Waals surface area contributed by atoms with Gasteiger partial charge in [0.1, 0.15) is 5.69 Å². The number of carbonyl (C=O) groups excluding carboxylic acids is 2. The van der Waals surface area contributed by atoms with Crippen LogP contribution >= 0.6 is 0 Å². The fourth-order valence-electron chi connectivity index (χ4n) is 1.56. The Labute approximate surface area is 116 Å². The number of aromatic carboxylic acids is 1. The second-order valence-corrected chi connectivity index (χ2v) is 4.32. The van der Waals surface area contributed by atoms with Crippen molar-refractivity contribution in [1.29, 1.82) is 0 Å². The van der Waals surface area contributed by atoms with Crippen LogP contribution in [0.25, 0.3) is 0 Å². The number of H-pyrrole nitrogens is 1. The number of aryl methyl sites for hydroxylation is 1.